The first kappa shape index (κ1) is 22.2. The van der Waals surface area contributed by atoms with Gasteiger partial charge in [0, 0.05) is 5.56 Å². The van der Waals surface area contributed by atoms with Gasteiger partial charge in [0.2, 0.25) is 0 Å². The molecule has 0 spiro atoms. The Morgan fingerprint density at radius 1 is 1.00 bits per heavy atom. The van der Waals surface area contributed by atoms with Crippen LogP contribution in [0, 0.1) is 0 Å². The van der Waals surface area contributed by atoms with Gasteiger partial charge in [-0.25, -0.2) is 4.79 Å². The van der Waals surface area contributed by atoms with Crippen LogP contribution in [0.5, 0.6) is 0 Å². The van der Waals surface area contributed by atoms with E-state index in [0.29, 0.717) is 18.4 Å². The maximum atomic E-state index is 12.8. The Morgan fingerprint density at radius 2 is 1.68 bits per heavy atom. The molecule has 3 amide bonds. The van der Waals surface area contributed by atoms with Crippen molar-refractivity contribution < 1.29 is 23.9 Å². The predicted molar refractivity (Wildman–Crippen MR) is 115 cm³/mol. The van der Waals surface area contributed by atoms with Crippen LogP contribution < -0.4 is 5.32 Å². The number of benzene rings is 2. The van der Waals surface area contributed by atoms with E-state index in [-0.39, 0.29) is 5.78 Å². The highest BCUT2D eigenvalue weighted by Crippen LogP contribution is 2.23. The van der Waals surface area contributed by atoms with Crippen LogP contribution in [0.15, 0.2) is 54.6 Å². The molecule has 1 aliphatic rings. The molecule has 1 atom stereocenters. The Hall–Kier alpha value is -3.48. The van der Waals surface area contributed by atoms with E-state index in [2.05, 4.69) is 5.32 Å². The molecule has 7 heteroatoms. The van der Waals surface area contributed by atoms with Crippen molar-refractivity contribution in [3.8, 4) is 0 Å². The quantitative estimate of drug-likeness (QED) is 0.381. The number of urea groups is 1. The third kappa shape index (κ3) is 5.36. The summed E-state index contributed by atoms with van der Waals surface area (Å²) in [5, 5.41) is 2.67. The lowest BCUT2D eigenvalue weighted by molar-refractivity contribution is -0.146. The van der Waals surface area contributed by atoms with Gasteiger partial charge in [-0.1, -0.05) is 61.5 Å². The Balaban J connectivity index is 1.52. The summed E-state index contributed by atoms with van der Waals surface area (Å²) < 4.78 is 5.01. The topological polar surface area (TPSA) is 92.8 Å². The number of imide groups is 1. The van der Waals surface area contributed by atoms with Gasteiger partial charge in [-0.05, 0) is 37.3 Å². The molecule has 1 fully saturated rings. The van der Waals surface area contributed by atoms with E-state index >= 15 is 0 Å². The monoisotopic (exact) mass is 422 g/mol. The van der Waals surface area contributed by atoms with Crippen molar-refractivity contribution >= 4 is 23.7 Å². The van der Waals surface area contributed by atoms with Crippen LogP contribution in [0.4, 0.5) is 4.79 Å². The van der Waals surface area contributed by atoms with Crippen LogP contribution in [0.3, 0.4) is 0 Å². The average Bonchev–Trinajstić information content (AvgIpc) is 3.00. The molecule has 0 aliphatic carbocycles. The van der Waals surface area contributed by atoms with Crippen molar-refractivity contribution in [2.75, 3.05) is 13.2 Å². The highest BCUT2D eigenvalue weighted by molar-refractivity contribution is 6.08. The molecular formula is C24H26N2O5. The number of carbonyl (C=O) groups is 4. The minimum absolute atomic E-state index is 0.346. The van der Waals surface area contributed by atoms with Crippen molar-refractivity contribution in [2.24, 2.45) is 0 Å². The third-order valence-electron chi connectivity index (χ3n) is 5.44. The highest BCUT2D eigenvalue weighted by Gasteiger charge is 2.48. The van der Waals surface area contributed by atoms with Crippen LogP contribution in [0.1, 0.15) is 41.8 Å². The van der Waals surface area contributed by atoms with Gasteiger partial charge in [0.05, 0.1) is 0 Å². The summed E-state index contributed by atoms with van der Waals surface area (Å²) in [6.07, 6.45) is 1.87. The second-order valence-corrected chi connectivity index (χ2v) is 7.77. The van der Waals surface area contributed by atoms with E-state index in [0.717, 1.165) is 22.4 Å². The van der Waals surface area contributed by atoms with E-state index in [1.54, 1.807) is 19.1 Å². The van der Waals surface area contributed by atoms with Gasteiger partial charge in [0.25, 0.3) is 5.91 Å². The van der Waals surface area contributed by atoms with Crippen molar-refractivity contribution in [1.82, 2.24) is 10.2 Å². The summed E-state index contributed by atoms with van der Waals surface area (Å²) >= 11 is 0. The number of rotatable bonds is 9. The first-order valence-corrected chi connectivity index (χ1v) is 10.3. The Kier molecular flexibility index (Phi) is 6.84. The first-order valence-electron chi connectivity index (χ1n) is 10.3. The van der Waals surface area contributed by atoms with Gasteiger partial charge in [0.1, 0.15) is 12.1 Å². The van der Waals surface area contributed by atoms with Crippen LogP contribution in [-0.2, 0) is 27.2 Å². The zero-order chi connectivity index (χ0) is 22.4. The summed E-state index contributed by atoms with van der Waals surface area (Å²) in [5.41, 5.74) is 1.49. The number of esters is 1. The number of aryl methyl sites for hydroxylation is 2. The van der Waals surface area contributed by atoms with Gasteiger partial charge >= 0.3 is 12.0 Å². The fraction of sp³-hybridized carbons (Fsp3) is 0.333. The first-order chi connectivity index (χ1) is 14.8. The zero-order valence-electron chi connectivity index (χ0n) is 17.7. The number of nitrogens with zero attached hydrogens (tertiary/aromatic N) is 1. The fourth-order valence-corrected chi connectivity index (χ4v) is 3.43. The second-order valence-electron chi connectivity index (χ2n) is 7.77. The van der Waals surface area contributed by atoms with Crippen LogP contribution in [0.2, 0.25) is 0 Å². The van der Waals surface area contributed by atoms with Gasteiger partial charge in [-0.15, -0.1) is 0 Å². The number of carbonyl (C=O) groups excluding carboxylic acids is 4. The van der Waals surface area contributed by atoms with Crippen LogP contribution >= 0.6 is 0 Å². The van der Waals surface area contributed by atoms with Crippen molar-refractivity contribution in [1.29, 1.82) is 0 Å². The van der Waals surface area contributed by atoms with E-state index in [9.17, 15) is 19.2 Å². The number of Topliss-reactive ketones (excluding diaryl/α,β-unsaturated/α-hetero) is 1. The smallest absolute Gasteiger partial charge is 0.326 e. The molecule has 7 nitrogen and oxygen atoms in total. The number of ether oxygens (including phenoxy) is 1. The summed E-state index contributed by atoms with van der Waals surface area (Å²) in [6.45, 7) is 2.68. The van der Waals surface area contributed by atoms with Gasteiger partial charge in [-0.3, -0.25) is 19.3 Å². The number of ketones is 1. The summed E-state index contributed by atoms with van der Waals surface area (Å²) in [5.74, 6) is -1.64. The maximum absolute atomic E-state index is 12.8. The molecule has 1 aliphatic heterocycles. The lowest BCUT2D eigenvalue weighted by Crippen LogP contribution is -2.44. The van der Waals surface area contributed by atoms with Gasteiger partial charge in [-0.2, -0.15) is 0 Å². The molecular weight excluding hydrogens is 396 g/mol. The molecule has 0 aromatic heterocycles. The molecule has 0 bridgehead atoms. The number of nitrogens with one attached hydrogen (secondary N) is 1. The standard InChI is InChI=1S/C24H26N2O5/c1-3-17-9-11-19(12-10-17)20(27)16-31-21(28)15-26-22(29)24(2,25-23(26)30)14-13-18-7-5-4-6-8-18/h4-12H,3,13-16H2,1-2H3,(H,25,30)/t24-/m1/s1. The van der Waals surface area contributed by atoms with Crippen LogP contribution in [-0.4, -0.2) is 47.3 Å². The Labute approximate surface area is 181 Å². The van der Waals surface area contributed by atoms with Gasteiger partial charge in [0.15, 0.2) is 12.4 Å². The molecule has 162 valence electrons. The van der Waals surface area contributed by atoms with Crippen molar-refractivity contribution in [2.45, 2.75) is 38.6 Å². The Morgan fingerprint density at radius 3 is 2.32 bits per heavy atom. The summed E-state index contributed by atoms with van der Waals surface area (Å²) in [4.78, 5) is 50.3. The predicted octanol–water partition coefficient (Wildman–Crippen LogP) is 2.92. The van der Waals surface area contributed by atoms with Crippen molar-refractivity contribution in [3.63, 3.8) is 0 Å². The number of amides is 3. The van der Waals surface area contributed by atoms with E-state index < -0.39 is 36.6 Å². The maximum Gasteiger partial charge on any atom is 0.326 e. The molecule has 0 radical (unpaired) electrons. The SMILES string of the molecule is CCc1ccc(C(=O)COC(=O)CN2C(=O)N[C@](C)(CCc3ccccc3)C2=O)cc1. The number of hydrogen-bond acceptors (Lipinski definition) is 5. The molecule has 31 heavy (non-hydrogen) atoms. The molecule has 1 N–H and O–H groups in total. The van der Waals surface area contributed by atoms with Crippen LogP contribution in [0.25, 0.3) is 0 Å². The van der Waals surface area contributed by atoms with E-state index in [1.807, 2.05) is 49.4 Å². The molecule has 0 saturated carbocycles. The fourth-order valence-electron chi connectivity index (χ4n) is 3.43. The third-order valence-corrected chi connectivity index (χ3v) is 5.44. The highest BCUT2D eigenvalue weighted by atomic mass is 16.5. The largest absolute Gasteiger partial charge is 0.456 e. The van der Waals surface area contributed by atoms with E-state index in [1.165, 1.54) is 0 Å². The molecule has 2 aromatic rings. The molecule has 2 aromatic carbocycles. The molecule has 1 heterocycles. The average molecular weight is 422 g/mol. The molecule has 0 unspecified atom stereocenters. The minimum Gasteiger partial charge on any atom is -0.456 e. The van der Waals surface area contributed by atoms with Crippen molar-refractivity contribution in [3.05, 3.63) is 71.3 Å². The Bertz CT molecular complexity index is 971. The molecule has 3 rings (SSSR count). The number of hydrogen-bond donors (Lipinski definition) is 1. The summed E-state index contributed by atoms with van der Waals surface area (Å²) in [6, 6.07) is 16.1. The van der Waals surface area contributed by atoms with Gasteiger partial charge < -0.3 is 10.1 Å². The normalized spacial score (nSPS) is 18.1. The summed E-state index contributed by atoms with van der Waals surface area (Å²) in [7, 11) is 0. The van der Waals surface area contributed by atoms with E-state index in [4.69, 9.17) is 4.74 Å². The molecule has 1 saturated heterocycles. The minimum atomic E-state index is -1.09. The lowest BCUT2D eigenvalue weighted by Gasteiger charge is -2.21. The second kappa shape index (κ2) is 9.55. The zero-order valence-corrected chi connectivity index (χ0v) is 17.7. The lowest BCUT2D eigenvalue weighted by atomic mass is 9.93.